The van der Waals surface area contributed by atoms with Crippen LogP contribution >= 0.6 is 31.9 Å². The molecule has 0 radical (unpaired) electrons. The van der Waals surface area contributed by atoms with Crippen LogP contribution in [-0.2, 0) is 0 Å². The minimum Gasteiger partial charge on any atom is -0.360 e. The molecule has 1 saturated heterocycles. The summed E-state index contributed by atoms with van der Waals surface area (Å²) < 4.78 is 1.86. The normalized spacial score (nSPS) is 16.1. The van der Waals surface area contributed by atoms with Gasteiger partial charge in [-0.1, -0.05) is 38.3 Å². The van der Waals surface area contributed by atoms with Gasteiger partial charge in [-0.15, -0.1) is 0 Å². The molecule has 138 valence electrons. The van der Waals surface area contributed by atoms with Crippen molar-refractivity contribution in [2.75, 3.05) is 23.3 Å². The van der Waals surface area contributed by atoms with Crippen LogP contribution < -0.4 is 10.2 Å². The summed E-state index contributed by atoms with van der Waals surface area (Å²) in [6.07, 6.45) is 2.21. The number of hydrogen-bond donors (Lipinski definition) is 2. The maximum absolute atomic E-state index is 13.0. The van der Waals surface area contributed by atoms with Crippen LogP contribution in [0, 0.1) is 0 Å². The largest absolute Gasteiger partial charge is 0.360 e. The molecule has 2 aromatic carbocycles. The van der Waals surface area contributed by atoms with E-state index in [1.165, 1.54) is 4.90 Å². The molecule has 0 bridgehead atoms. The topological polar surface area (TPSA) is 55.8 Å². The van der Waals surface area contributed by atoms with E-state index in [2.05, 4.69) is 37.2 Å². The Morgan fingerprint density at radius 2 is 1.50 bits per heavy atom. The molecule has 7 heteroatoms. The molecule has 0 aromatic heterocycles. The average Bonchev–Trinajstić information content (AvgIpc) is 2.66. The van der Waals surface area contributed by atoms with Crippen molar-refractivity contribution in [3.05, 3.63) is 57.5 Å². The molecule has 3 rings (SSSR count). The number of benzene rings is 2. The molecule has 2 amide bonds. The first-order chi connectivity index (χ1) is 12.5. The lowest BCUT2D eigenvalue weighted by Gasteiger charge is -2.37. The molecule has 0 spiro atoms. The lowest BCUT2D eigenvalue weighted by Crippen LogP contribution is -2.54. The van der Waals surface area contributed by atoms with Crippen molar-refractivity contribution >= 4 is 49.3 Å². The molecule has 1 atom stereocenters. The Balaban J connectivity index is 1.84. The van der Waals surface area contributed by atoms with Gasteiger partial charge in [-0.25, -0.2) is 4.79 Å². The number of carbonyl (C=O) groups excluding carboxylic acids is 1. The number of urea groups is 1. The van der Waals surface area contributed by atoms with Crippen LogP contribution in [0.1, 0.15) is 19.3 Å². The summed E-state index contributed by atoms with van der Waals surface area (Å²) >= 11 is 6.79. The Morgan fingerprint density at radius 3 is 2.08 bits per heavy atom. The molecule has 0 aliphatic carbocycles. The summed E-state index contributed by atoms with van der Waals surface area (Å²) in [6.45, 7) is 1.56. The predicted octanol–water partition coefficient (Wildman–Crippen LogP) is 5.01. The Kier molecular flexibility index (Phi) is 6.69. The minimum absolute atomic E-state index is 0.368. The second kappa shape index (κ2) is 8.99. The highest BCUT2D eigenvalue weighted by atomic mass is 79.9. The quantitative estimate of drug-likeness (QED) is 0.602. The smallest absolute Gasteiger partial charge is 0.329 e. The lowest BCUT2D eigenvalue weighted by molar-refractivity contribution is -0.00313. The van der Waals surface area contributed by atoms with Gasteiger partial charge in [-0.05, 0) is 61.4 Å². The zero-order valence-electron chi connectivity index (χ0n) is 14.2. The van der Waals surface area contributed by atoms with Crippen molar-refractivity contribution in [1.29, 1.82) is 0 Å². The molecule has 1 aliphatic rings. The fourth-order valence-electron chi connectivity index (χ4n) is 2.99. The number of aliphatic hydroxyl groups excluding tert-OH is 1. The van der Waals surface area contributed by atoms with Gasteiger partial charge < -0.3 is 10.4 Å². The van der Waals surface area contributed by atoms with E-state index < -0.39 is 6.35 Å². The van der Waals surface area contributed by atoms with E-state index in [0.717, 1.165) is 41.3 Å². The Labute approximate surface area is 170 Å². The lowest BCUT2D eigenvalue weighted by atomic mass is 10.1. The van der Waals surface area contributed by atoms with Crippen LogP contribution in [0.4, 0.5) is 16.2 Å². The van der Waals surface area contributed by atoms with E-state index in [4.69, 9.17) is 0 Å². The maximum Gasteiger partial charge on any atom is 0.329 e. The van der Waals surface area contributed by atoms with E-state index in [9.17, 15) is 9.90 Å². The summed E-state index contributed by atoms with van der Waals surface area (Å²) in [5.74, 6) is 0. The van der Waals surface area contributed by atoms with Crippen molar-refractivity contribution in [1.82, 2.24) is 4.90 Å². The molecule has 1 aliphatic heterocycles. The summed E-state index contributed by atoms with van der Waals surface area (Å²) in [5, 5.41) is 13.8. The number of halogens is 2. The van der Waals surface area contributed by atoms with Crippen LogP contribution in [0.25, 0.3) is 0 Å². The van der Waals surface area contributed by atoms with E-state index in [1.807, 2.05) is 53.4 Å². The first-order valence-electron chi connectivity index (χ1n) is 8.58. The number of nitrogens with one attached hydrogen (secondary N) is 1. The zero-order chi connectivity index (χ0) is 18.5. The number of piperidine rings is 1. The monoisotopic (exact) mass is 481 g/mol. The third kappa shape index (κ3) is 4.85. The number of carbonyl (C=O) groups is 1. The van der Waals surface area contributed by atoms with Crippen molar-refractivity contribution < 1.29 is 9.90 Å². The number of amides is 2. The standard InChI is InChI=1S/C19H21Br2N3O2/c20-14-4-8-16(9-5-14)22-18(25)24(17-10-6-15(21)7-11-17)19(26)23-12-2-1-3-13-23/h4-11,19,26H,1-3,12-13H2,(H,22,25). The third-order valence-electron chi connectivity index (χ3n) is 4.37. The number of likely N-dealkylation sites (tertiary alicyclic amines) is 1. The molecule has 1 heterocycles. The number of rotatable bonds is 4. The maximum atomic E-state index is 13.0. The molecular formula is C19H21Br2N3O2. The van der Waals surface area contributed by atoms with Gasteiger partial charge in [0.25, 0.3) is 0 Å². The molecular weight excluding hydrogens is 462 g/mol. The van der Waals surface area contributed by atoms with Gasteiger partial charge >= 0.3 is 6.03 Å². The molecule has 1 fully saturated rings. The van der Waals surface area contributed by atoms with Crippen molar-refractivity contribution in [2.24, 2.45) is 0 Å². The van der Waals surface area contributed by atoms with E-state index in [0.29, 0.717) is 11.4 Å². The van der Waals surface area contributed by atoms with Crippen molar-refractivity contribution in [2.45, 2.75) is 25.6 Å². The molecule has 1 unspecified atom stereocenters. The average molecular weight is 483 g/mol. The highest BCUT2D eigenvalue weighted by molar-refractivity contribution is 9.10. The van der Waals surface area contributed by atoms with E-state index >= 15 is 0 Å². The first-order valence-corrected chi connectivity index (χ1v) is 10.2. The predicted molar refractivity (Wildman–Crippen MR) is 111 cm³/mol. The summed E-state index contributed by atoms with van der Waals surface area (Å²) in [7, 11) is 0. The van der Waals surface area contributed by atoms with Crippen molar-refractivity contribution in [3.8, 4) is 0 Å². The summed E-state index contributed by atoms with van der Waals surface area (Å²) in [5.41, 5.74) is 1.31. The number of nitrogens with zero attached hydrogens (tertiary/aromatic N) is 2. The first kappa shape index (κ1) is 19.4. The molecule has 5 nitrogen and oxygen atoms in total. The molecule has 2 N–H and O–H groups in total. The fraction of sp³-hybridized carbons (Fsp3) is 0.316. The second-order valence-corrected chi connectivity index (χ2v) is 8.06. The Hall–Kier alpha value is -1.41. The Morgan fingerprint density at radius 1 is 0.962 bits per heavy atom. The van der Waals surface area contributed by atoms with Crippen molar-refractivity contribution in [3.63, 3.8) is 0 Å². The number of anilines is 2. The second-order valence-electron chi connectivity index (χ2n) is 6.23. The van der Waals surface area contributed by atoms with Crippen LogP contribution in [-0.4, -0.2) is 35.5 Å². The van der Waals surface area contributed by atoms with Gasteiger partial charge in [0.05, 0.1) is 0 Å². The van der Waals surface area contributed by atoms with Crippen LogP contribution in [0.5, 0.6) is 0 Å². The van der Waals surface area contributed by atoms with Gasteiger partial charge in [0, 0.05) is 33.4 Å². The number of hydrogen-bond acceptors (Lipinski definition) is 3. The summed E-state index contributed by atoms with van der Waals surface area (Å²) in [6, 6.07) is 14.3. The third-order valence-corrected chi connectivity index (χ3v) is 5.42. The van der Waals surface area contributed by atoms with Crippen LogP contribution in [0.3, 0.4) is 0 Å². The highest BCUT2D eigenvalue weighted by Gasteiger charge is 2.29. The zero-order valence-corrected chi connectivity index (χ0v) is 17.4. The van der Waals surface area contributed by atoms with Gasteiger partial charge in [-0.2, -0.15) is 0 Å². The summed E-state index contributed by atoms with van der Waals surface area (Å²) in [4.78, 5) is 16.3. The SMILES string of the molecule is O=C(Nc1ccc(Br)cc1)N(c1ccc(Br)cc1)C(O)N1CCCCC1. The van der Waals surface area contributed by atoms with Gasteiger partial charge in [0.1, 0.15) is 0 Å². The van der Waals surface area contributed by atoms with Crippen LogP contribution in [0.15, 0.2) is 57.5 Å². The van der Waals surface area contributed by atoms with E-state index in [-0.39, 0.29) is 6.03 Å². The van der Waals surface area contributed by atoms with Crippen LogP contribution in [0.2, 0.25) is 0 Å². The molecule has 2 aromatic rings. The number of aliphatic hydroxyl groups is 1. The fourth-order valence-corrected chi connectivity index (χ4v) is 3.52. The van der Waals surface area contributed by atoms with E-state index in [1.54, 1.807) is 0 Å². The molecule has 26 heavy (non-hydrogen) atoms. The van der Waals surface area contributed by atoms with Gasteiger partial charge in [0.15, 0.2) is 6.35 Å². The molecule has 0 saturated carbocycles. The highest BCUT2D eigenvalue weighted by Crippen LogP contribution is 2.24. The van der Waals surface area contributed by atoms with Gasteiger partial charge in [-0.3, -0.25) is 9.80 Å². The minimum atomic E-state index is -1.01. The Bertz CT molecular complexity index is 731. The van der Waals surface area contributed by atoms with Gasteiger partial charge in [0.2, 0.25) is 0 Å².